The zero-order valence-electron chi connectivity index (χ0n) is 15.7. The van der Waals surface area contributed by atoms with E-state index in [9.17, 15) is 19.7 Å². The second-order valence-corrected chi connectivity index (χ2v) is 7.03. The number of carbonyl (C=O) groups is 2. The SMILES string of the molecule is Cc1c(C(=O)NCC2CC(=O)N(c3ccc4c(c3)OCO4)C2)cccc1[N+](=O)[O-]. The first-order chi connectivity index (χ1) is 13.9. The van der Waals surface area contributed by atoms with Crippen molar-refractivity contribution >= 4 is 23.2 Å². The van der Waals surface area contributed by atoms with Crippen LogP contribution in [0.25, 0.3) is 0 Å². The summed E-state index contributed by atoms with van der Waals surface area (Å²) in [6.07, 6.45) is 0.308. The molecule has 1 N–H and O–H groups in total. The van der Waals surface area contributed by atoms with Crippen molar-refractivity contribution in [2.75, 3.05) is 24.8 Å². The molecular formula is C20H19N3O6. The highest BCUT2D eigenvalue weighted by Crippen LogP contribution is 2.37. The van der Waals surface area contributed by atoms with Crippen molar-refractivity contribution in [3.05, 3.63) is 57.6 Å². The van der Waals surface area contributed by atoms with Gasteiger partial charge in [-0.25, -0.2) is 0 Å². The van der Waals surface area contributed by atoms with Gasteiger partial charge in [-0.15, -0.1) is 0 Å². The first-order valence-electron chi connectivity index (χ1n) is 9.16. The lowest BCUT2D eigenvalue weighted by molar-refractivity contribution is -0.385. The second-order valence-electron chi connectivity index (χ2n) is 7.03. The maximum Gasteiger partial charge on any atom is 0.273 e. The lowest BCUT2D eigenvalue weighted by atomic mass is 10.1. The number of nitrogens with zero attached hydrogens (tertiary/aromatic N) is 2. The van der Waals surface area contributed by atoms with E-state index in [1.807, 2.05) is 0 Å². The summed E-state index contributed by atoms with van der Waals surface area (Å²) in [5.74, 6) is 0.774. The molecule has 29 heavy (non-hydrogen) atoms. The number of nitrogens with one attached hydrogen (secondary N) is 1. The first kappa shape index (κ1) is 18.7. The van der Waals surface area contributed by atoms with Crippen molar-refractivity contribution in [1.82, 2.24) is 5.32 Å². The van der Waals surface area contributed by atoms with Crippen LogP contribution < -0.4 is 19.7 Å². The maximum absolute atomic E-state index is 12.5. The van der Waals surface area contributed by atoms with E-state index in [4.69, 9.17) is 9.47 Å². The number of hydrogen-bond donors (Lipinski definition) is 1. The third-order valence-corrected chi connectivity index (χ3v) is 5.17. The molecule has 150 valence electrons. The molecule has 0 saturated carbocycles. The third kappa shape index (κ3) is 3.58. The van der Waals surface area contributed by atoms with E-state index < -0.39 is 4.92 Å². The summed E-state index contributed by atoms with van der Waals surface area (Å²) >= 11 is 0. The summed E-state index contributed by atoms with van der Waals surface area (Å²) in [5.41, 5.74) is 1.21. The number of benzene rings is 2. The Morgan fingerprint density at radius 2 is 2.07 bits per heavy atom. The molecule has 1 unspecified atom stereocenters. The molecule has 0 aliphatic carbocycles. The van der Waals surface area contributed by atoms with Gasteiger partial charge >= 0.3 is 0 Å². The number of ether oxygens (including phenoxy) is 2. The molecule has 9 heteroatoms. The topological polar surface area (TPSA) is 111 Å². The summed E-state index contributed by atoms with van der Waals surface area (Å²) in [6, 6.07) is 9.75. The molecule has 0 spiro atoms. The van der Waals surface area contributed by atoms with Crippen LogP contribution in [0.15, 0.2) is 36.4 Å². The molecule has 4 rings (SSSR count). The molecule has 9 nitrogen and oxygen atoms in total. The van der Waals surface area contributed by atoms with Crippen molar-refractivity contribution in [2.45, 2.75) is 13.3 Å². The predicted octanol–water partition coefficient (Wildman–Crippen LogP) is 2.41. The van der Waals surface area contributed by atoms with E-state index in [0.29, 0.717) is 36.6 Å². The number of rotatable bonds is 5. The van der Waals surface area contributed by atoms with Gasteiger partial charge in [0.25, 0.3) is 11.6 Å². The summed E-state index contributed by atoms with van der Waals surface area (Å²) in [5, 5.41) is 13.9. The fourth-order valence-electron chi connectivity index (χ4n) is 3.62. The van der Waals surface area contributed by atoms with Crippen LogP contribution in [0.5, 0.6) is 11.5 Å². The van der Waals surface area contributed by atoms with Gasteiger partial charge in [0.15, 0.2) is 11.5 Å². The summed E-state index contributed by atoms with van der Waals surface area (Å²) in [4.78, 5) is 37.1. The molecule has 0 bridgehead atoms. The molecule has 2 aliphatic rings. The number of nitro groups is 1. The Labute approximate surface area is 166 Å². The van der Waals surface area contributed by atoms with Crippen LogP contribution in [0, 0.1) is 23.0 Å². The average Bonchev–Trinajstić information content (AvgIpc) is 3.31. The van der Waals surface area contributed by atoms with E-state index in [0.717, 1.165) is 5.69 Å². The van der Waals surface area contributed by atoms with Crippen LogP contribution >= 0.6 is 0 Å². The third-order valence-electron chi connectivity index (χ3n) is 5.17. The largest absolute Gasteiger partial charge is 0.454 e. The molecule has 2 heterocycles. The van der Waals surface area contributed by atoms with Gasteiger partial charge < -0.3 is 19.7 Å². The summed E-state index contributed by atoms with van der Waals surface area (Å²) in [7, 11) is 0. The monoisotopic (exact) mass is 397 g/mol. The molecule has 2 aromatic carbocycles. The minimum Gasteiger partial charge on any atom is -0.454 e. The Hall–Kier alpha value is -3.62. The van der Waals surface area contributed by atoms with Gasteiger partial charge in [0.2, 0.25) is 12.7 Å². The smallest absolute Gasteiger partial charge is 0.273 e. The Balaban J connectivity index is 1.40. The lowest BCUT2D eigenvalue weighted by Crippen LogP contribution is -2.31. The molecule has 0 radical (unpaired) electrons. The van der Waals surface area contributed by atoms with Crippen LogP contribution in [-0.2, 0) is 4.79 Å². The minimum absolute atomic E-state index is 0.0327. The second kappa shape index (κ2) is 7.42. The summed E-state index contributed by atoms with van der Waals surface area (Å²) < 4.78 is 10.6. The number of hydrogen-bond acceptors (Lipinski definition) is 6. The number of amides is 2. The van der Waals surface area contributed by atoms with Gasteiger partial charge in [0.05, 0.1) is 4.92 Å². The van der Waals surface area contributed by atoms with E-state index in [-0.39, 0.29) is 35.8 Å². The zero-order chi connectivity index (χ0) is 20.5. The Kier molecular flexibility index (Phi) is 4.79. The zero-order valence-corrected chi connectivity index (χ0v) is 15.7. The first-order valence-corrected chi connectivity index (χ1v) is 9.16. The van der Waals surface area contributed by atoms with Gasteiger partial charge in [-0.2, -0.15) is 0 Å². The number of anilines is 1. The highest BCUT2D eigenvalue weighted by molar-refractivity contribution is 5.97. The van der Waals surface area contributed by atoms with Gasteiger partial charge in [0, 0.05) is 54.4 Å². The fraction of sp³-hybridized carbons (Fsp3) is 0.300. The van der Waals surface area contributed by atoms with Crippen LogP contribution in [0.4, 0.5) is 11.4 Å². The standard InChI is InChI=1S/C20H19N3O6/c1-12-15(3-2-4-16(12)23(26)27)20(25)21-9-13-7-19(24)22(10-13)14-5-6-17-18(8-14)29-11-28-17/h2-6,8,13H,7,9-11H2,1H3,(H,21,25). The predicted molar refractivity (Wildman–Crippen MR) is 103 cm³/mol. The van der Waals surface area contributed by atoms with Crippen molar-refractivity contribution in [1.29, 1.82) is 0 Å². The van der Waals surface area contributed by atoms with E-state index in [2.05, 4.69) is 5.32 Å². The van der Waals surface area contributed by atoms with Crippen LogP contribution in [0.3, 0.4) is 0 Å². The van der Waals surface area contributed by atoms with Crippen molar-refractivity contribution < 1.29 is 24.0 Å². The van der Waals surface area contributed by atoms with Crippen molar-refractivity contribution in [3.8, 4) is 11.5 Å². The lowest BCUT2D eigenvalue weighted by Gasteiger charge is -2.17. The number of fused-ring (bicyclic) bond motifs is 1. The van der Waals surface area contributed by atoms with E-state index in [1.165, 1.54) is 12.1 Å². The molecule has 2 aromatic rings. The Morgan fingerprint density at radius 1 is 1.28 bits per heavy atom. The quantitative estimate of drug-likeness (QED) is 0.613. The Morgan fingerprint density at radius 3 is 2.86 bits per heavy atom. The van der Waals surface area contributed by atoms with Gasteiger partial charge in [-0.05, 0) is 25.1 Å². The van der Waals surface area contributed by atoms with Crippen molar-refractivity contribution in [2.24, 2.45) is 5.92 Å². The van der Waals surface area contributed by atoms with E-state index >= 15 is 0 Å². The van der Waals surface area contributed by atoms with Gasteiger partial charge in [-0.3, -0.25) is 19.7 Å². The molecule has 1 atom stereocenters. The Bertz CT molecular complexity index is 1010. The van der Waals surface area contributed by atoms with Crippen LogP contribution in [-0.4, -0.2) is 36.6 Å². The molecular weight excluding hydrogens is 378 g/mol. The van der Waals surface area contributed by atoms with Crippen molar-refractivity contribution in [3.63, 3.8) is 0 Å². The van der Waals surface area contributed by atoms with E-state index in [1.54, 1.807) is 36.1 Å². The molecule has 0 aromatic heterocycles. The number of nitro benzene ring substituents is 1. The molecule has 1 saturated heterocycles. The average molecular weight is 397 g/mol. The molecule has 2 aliphatic heterocycles. The van der Waals surface area contributed by atoms with Crippen LogP contribution in [0.2, 0.25) is 0 Å². The van der Waals surface area contributed by atoms with Crippen LogP contribution in [0.1, 0.15) is 22.3 Å². The van der Waals surface area contributed by atoms with Gasteiger partial charge in [-0.1, -0.05) is 6.07 Å². The fourth-order valence-corrected chi connectivity index (χ4v) is 3.62. The summed E-state index contributed by atoms with van der Waals surface area (Å²) in [6.45, 7) is 2.48. The maximum atomic E-state index is 12.5. The number of carbonyl (C=O) groups excluding carboxylic acids is 2. The molecule has 1 fully saturated rings. The van der Waals surface area contributed by atoms with Gasteiger partial charge in [0.1, 0.15) is 0 Å². The molecule has 2 amide bonds. The highest BCUT2D eigenvalue weighted by atomic mass is 16.7. The normalized spacial score (nSPS) is 17.5. The highest BCUT2D eigenvalue weighted by Gasteiger charge is 2.32. The minimum atomic E-state index is -0.509.